The van der Waals surface area contributed by atoms with E-state index in [9.17, 15) is 4.79 Å². The van der Waals surface area contributed by atoms with E-state index in [2.05, 4.69) is 41.2 Å². The van der Waals surface area contributed by atoms with Gasteiger partial charge in [0.1, 0.15) is 12.0 Å². The summed E-state index contributed by atoms with van der Waals surface area (Å²) in [6.07, 6.45) is 6.84. The molecule has 0 aliphatic rings. The normalized spacial score (nSPS) is 10.8. The summed E-state index contributed by atoms with van der Waals surface area (Å²) in [5.41, 5.74) is 7.90. The molecule has 0 fully saturated rings. The van der Waals surface area contributed by atoms with Crippen LogP contribution < -0.4 is 0 Å². The highest BCUT2D eigenvalue weighted by Crippen LogP contribution is 2.29. The first-order valence-corrected chi connectivity index (χ1v) is 9.14. The number of carbonyl (C=O) groups excluding carboxylic acids is 1. The molecule has 0 radical (unpaired) electrons. The standard InChI is InChI=1S/C24H20N2O2/c1-16-3-6-20(23-14-28-15-26-23)12-22(16)19-7-4-18(5-8-19)11-24(27)21-9-10-25-13-17(21)2/h3-10,12-15H,11H2,1-2H3. The van der Waals surface area contributed by atoms with E-state index in [0.29, 0.717) is 6.42 Å². The fraction of sp³-hybridized carbons (Fsp3) is 0.125. The van der Waals surface area contributed by atoms with Crippen LogP contribution in [0.15, 0.2) is 78.0 Å². The molecule has 0 amide bonds. The fourth-order valence-corrected chi connectivity index (χ4v) is 3.32. The SMILES string of the molecule is Cc1cnccc1C(=O)Cc1ccc(-c2cc(-c3cocn3)ccc2C)cc1. The van der Waals surface area contributed by atoms with Crippen molar-refractivity contribution in [3.8, 4) is 22.4 Å². The maximum absolute atomic E-state index is 12.6. The third-order valence-corrected chi connectivity index (χ3v) is 4.92. The van der Waals surface area contributed by atoms with Gasteiger partial charge < -0.3 is 4.42 Å². The Labute approximate surface area is 163 Å². The van der Waals surface area contributed by atoms with Crippen molar-refractivity contribution in [2.75, 3.05) is 0 Å². The molecule has 4 aromatic rings. The number of pyridine rings is 1. The lowest BCUT2D eigenvalue weighted by Gasteiger charge is -2.10. The summed E-state index contributed by atoms with van der Waals surface area (Å²) in [6, 6.07) is 16.2. The minimum Gasteiger partial charge on any atom is -0.451 e. The fourth-order valence-electron chi connectivity index (χ4n) is 3.32. The quantitative estimate of drug-likeness (QED) is 0.440. The first kappa shape index (κ1) is 17.9. The number of hydrogen-bond acceptors (Lipinski definition) is 4. The lowest BCUT2D eigenvalue weighted by molar-refractivity contribution is 0.0992. The molecule has 4 nitrogen and oxygen atoms in total. The number of ketones is 1. The Balaban J connectivity index is 1.58. The number of hydrogen-bond donors (Lipinski definition) is 0. The van der Waals surface area contributed by atoms with E-state index in [1.807, 2.05) is 25.1 Å². The molecule has 0 aliphatic heterocycles. The highest BCUT2D eigenvalue weighted by atomic mass is 16.3. The molecule has 0 bridgehead atoms. The molecule has 0 aliphatic carbocycles. The molecule has 4 heteroatoms. The number of Topliss-reactive ketones (excluding diaryl/α,β-unsaturated/α-hetero) is 1. The number of rotatable bonds is 5. The molecule has 0 atom stereocenters. The maximum Gasteiger partial charge on any atom is 0.181 e. The Morgan fingerprint density at radius 1 is 0.964 bits per heavy atom. The predicted molar refractivity (Wildman–Crippen MR) is 109 cm³/mol. The molecule has 2 aromatic carbocycles. The highest BCUT2D eigenvalue weighted by molar-refractivity contribution is 5.98. The topological polar surface area (TPSA) is 56.0 Å². The Hall–Kier alpha value is -3.53. The maximum atomic E-state index is 12.6. The molecule has 0 N–H and O–H groups in total. The molecule has 4 rings (SSSR count). The largest absolute Gasteiger partial charge is 0.451 e. The van der Waals surface area contributed by atoms with Crippen LogP contribution in [0.3, 0.4) is 0 Å². The van der Waals surface area contributed by atoms with Crippen molar-refractivity contribution in [3.63, 3.8) is 0 Å². The van der Waals surface area contributed by atoms with E-state index in [-0.39, 0.29) is 5.78 Å². The third kappa shape index (κ3) is 3.62. The Morgan fingerprint density at radius 2 is 1.75 bits per heavy atom. The van der Waals surface area contributed by atoms with Crippen molar-refractivity contribution in [1.82, 2.24) is 9.97 Å². The van der Waals surface area contributed by atoms with E-state index in [4.69, 9.17) is 4.42 Å². The van der Waals surface area contributed by atoms with Gasteiger partial charge in [-0.15, -0.1) is 0 Å². The van der Waals surface area contributed by atoms with Gasteiger partial charge in [0.2, 0.25) is 0 Å². The Morgan fingerprint density at radius 3 is 2.46 bits per heavy atom. The van der Waals surface area contributed by atoms with Crippen molar-refractivity contribution in [2.24, 2.45) is 0 Å². The number of benzene rings is 2. The van der Waals surface area contributed by atoms with Crippen LogP contribution in [0.25, 0.3) is 22.4 Å². The highest BCUT2D eigenvalue weighted by Gasteiger charge is 2.11. The van der Waals surface area contributed by atoms with Crippen molar-refractivity contribution in [2.45, 2.75) is 20.3 Å². The van der Waals surface area contributed by atoms with Gasteiger partial charge in [-0.25, -0.2) is 4.98 Å². The minimum atomic E-state index is 0.108. The summed E-state index contributed by atoms with van der Waals surface area (Å²) in [6.45, 7) is 4.00. The Bertz CT molecular complexity index is 1110. The zero-order valence-corrected chi connectivity index (χ0v) is 15.8. The van der Waals surface area contributed by atoms with Crippen LogP contribution in [0.5, 0.6) is 0 Å². The van der Waals surface area contributed by atoms with Crippen molar-refractivity contribution in [3.05, 3.63) is 95.8 Å². The summed E-state index contributed by atoms with van der Waals surface area (Å²) >= 11 is 0. The van der Waals surface area contributed by atoms with E-state index >= 15 is 0 Å². The number of aromatic nitrogens is 2. The van der Waals surface area contributed by atoms with E-state index < -0.39 is 0 Å². The zero-order valence-electron chi connectivity index (χ0n) is 15.8. The zero-order chi connectivity index (χ0) is 19.5. The summed E-state index contributed by atoms with van der Waals surface area (Å²) in [4.78, 5) is 20.9. The number of carbonyl (C=O) groups is 1. The van der Waals surface area contributed by atoms with Gasteiger partial charge in [-0.1, -0.05) is 36.4 Å². The summed E-state index contributed by atoms with van der Waals surface area (Å²) in [5, 5.41) is 0. The molecule has 0 spiro atoms. The molecule has 0 saturated heterocycles. The number of oxazole rings is 1. The molecule has 2 heterocycles. The van der Waals surface area contributed by atoms with Crippen LogP contribution >= 0.6 is 0 Å². The van der Waals surface area contributed by atoms with E-state index in [1.165, 1.54) is 12.0 Å². The van der Waals surface area contributed by atoms with Crippen LogP contribution in [-0.2, 0) is 6.42 Å². The summed E-state index contributed by atoms with van der Waals surface area (Å²) in [5.74, 6) is 0.108. The van der Waals surface area contributed by atoms with Gasteiger partial charge >= 0.3 is 0 Å². The lowest BCUT2D eigenvalue weighted by atomic mass is 9.95. The van der Waals surface area contributed by atoms with Crippen molar-refractivity contribution >= 4 is 5.78 Å². The van der Waals surface area contributed by atoms with Crippen molar-refractivity contribution < 1.29 is 9.21 Å². The molecule has 2 aromatic heterocycles. The first-order chi connectivity index (χ1) is 13.6. The second-order valence-corrected chi connectivity index (χ2v) is 6.89. The van der Waals surface area contributed by atoms with Gasteiger partial charge in [-0.3, -0.25) is 9.78 Å². The predicted octanol–water partition coefficient (Wildman–Crippen LogP) is 5.45. The second kappa shape index (κ2) is 7.61. The number of nitrogens with zero attached hydrogens (tertiary/aromatic N) is 2. The van der Waals surface area contributed by atoms with Crippen LogP contribution in [0, 0.1) is 13.8 Å². The molecule has 0 saturated carbocycles. The van der Waals surface area contributed by atoms with Crippen LogP contribution in [-0.4, -0.2) is 15.8 Å². The van der Waals surface area contributed by atoms with Gasteiger partial charge in [0, 0.05) is 29.9 Å². The van der Waals surface area contributed by atoms with Crippen molar-refractivity contribution in [1.29, 1.82) is 0 Å². The van der Waals surface area contributed by atoms with E-state index in [0.717, 1.165) is 39.1 Å². The van der Waals surface area contributed by atoms with Gasteiger partial charge in [0.25, 0.3) is 0 Å². The summed E-state index contributed by atoms with van der Waals surface area (Å²) < 4.78 is 5.10. The monoisotopic (exact) mass is 368 g/mol. The summed E-state index contributed by atoms with van der Waals surface area (Å²) in [7, 11) is 0. The lowest BCUT2D eigenvalue weighted by Crippen LogP contribution is -2.05. The third-order valence-electron chi connectivity index (χ3n) is 4.92. The van der Waals surface area contributed by atoms with Gasteiger partial charge in [-0.05, 0) is 53.8 Å². The molecular formula is C24H20N2O2. The average molecular weight is 368 g/mol. The smallest absolute Gasteiger partial charge is 0.181 e. The van der Waals surface area contributed by atoms with Gasteiger partial charge in [0.15, 0.2) is 12.2 Å². The number of aryl methyl sites for hydroxylation is 2. The van der Waals surface area contributed by atoms with Gasteiger partial charge in [-0.2, -0.15) is 0 Å². The minimum absolute atomic E-state index is 0.108. The van der Waals surface area contributed by atoms with Crippen LogP contribution in [0.2, 0.25) is 0 Å². The van der Waals surface area contributed by atoms with Gasteiger partial charge in [0.05, 0.1) is 0 Å². The molecule has 0 unspecified atom stereocenters. The van der Waals surface area contributed by atoms with Crippen LogP contribution in [0.4, 0.5) is 0 Å². The first-order valence-electron chi connectivity index (χ1n) is 9.14. The molecule has 28 heavy (non-hydrogen) atoms. The second-order valence-electron chi connectivity index (χ2n) is 6.89. The molecule has 138 valence electrons. The molecular weight excluding hydrogens is 348 g/mol. The average Bonchev–Trinajstić information content (AvgIpc) is 3.24. The van der Waals surface area contributed by atoms with Crippen LogP contribution in [0.1, 0.15) is 27.0 Å². The Kier molecular flexibility index (Phi) is 4.85. The van der Waals surface area contributed by atoms with E-state index in [1.54, 1.807) is 24.7 Å².